The van der Waals surface area contributed by atoms with Crippen LogP contribution in [0.3, 0.4) is 0 Å². The summed E-state index contributed by atoms with van der Waals surface area (Å²) in [6, 6.07) is 10.5. The molecule has 1 aromatic carbocycles. The molecule has 3 heterocycles. The summed E-state index contributed by atoms with van der Waals surface area (Å²) in [5.41, 5.74) is 0.623. The van der Waals surface area contributed by atoms with Gasteiger partial charge in [-0.2, -0.15) is 0 Å². The van der Waals surface area contributed by atoms with Crippen LogP contribution in [0.5, 0.6) is 0 Å². The second-order valence-corrected chi connectivity index (χ2v) is 7.68. The highest BCUT2D eigenvalue weighted by atomic mass is 16.5. The predicted molar refractivity (Wildman–Crippen MR) is 91.6 cm³/mol. The molecule has 5 rings (SSSR count). The first-order chi connectivity index (χ1) is 12.2. The van der Waals surface area contributed by atoms with Gasteiger partial charge in [-0.05, 0) is 24.8 Å². The minimum absolute atomic E-state index is 0.0121. The summed E-state index contributed by atoms with van der Waals surface area (Å²) in [5, 5.41) is 3.06. The molecular weight excluding hydrogens is 316 g/mol. The largest absolute Gasteiger partial charge is 0.360 e. The maximum Gasteiger partial charge on any atom is 0.230 e. The van der Waals surface area contributed by atoms with Crippen molar-refractivity contribution in [3.8, 4) is 0 Å². The normalized spacial score (nSPS) is 35.3. The van der Waals surface area contributed by atoms with E-state index in [0.29, 0.717) is 19.1 Å². The monoisotopic (exact) mass is 338 g/mol. The average Bonchev–Trinajstić information content (AvgIpc) is 3.16. The summed E-state index contributed by atoms with van der Waals surface area (Å²) < 4.78 is 6.14. The van der Waals surface area contributed by atoms with Crippen LogP contribution < -0.4 is 5.32 Å². The Morgan fingerprint density at radius 2 is 2.08 bits per heavy atom. The van der Waals surface area contributed by atoms with Gasteiger partial charge in [0.25, 0.3) is 0 Å². The van der Waals surface area contributed by atoms with E-state index in [-0.39, 0.29) is 29.8 Å². The molecule has 3 fully saturated rings. The number of hydrogen-bond acceptors (Lipinski definition) is 3. The Hall–Kier alpha value is -2.14. The lowest BCUT2D eigenvalue weighted by Gasteiger charge is -2.23. The zero-order valence-corrected chi connectivity index (χ0v) is 14.1. The quantitative estimate of drug-likeness (QED) is 0.823. The van der Waals surface area contributed by atoms with Crippen LogP contribution >= 0.6 is 0 Å². The van der Waals surface area contributed by atoms with E-state index in [9.17, 15) is 9.59 Å². The lowest BCUT2D eigenvalue weighted by Crippen LogP contribution is -2.44. The summed E-state index contributed by atoms with van der Waals surface area (Å²) in [7, 11) is 0. The molecule has 1 saturated carbocycles. The second-order valence-electron chi connectivity index (χ2n) is 7.68. The molecule has 2 bridgehead atoms. The van der Waals surface area contributed by atoms with E-state index in [0.717, 1.165) is 19.3 Å². The van der Waals surface area contributed by atoms with Crippen molar-refractivity contribution in [2.75, 3.05) is 13.1 Å². The van der Waals surface area contributed by atoms with Crippen LogP contribution in [0.4, 0.5) is 0 Å². The number of carbonyl (C=O) groups excluding carboxylic acids is 2. The molecule has 0 aromatic heterocycles. The fourth-order valence-corrected chi connectivity index (χ4v) is 4.50. The number of rotatable bonds is 5. The first-order valence-corrected chi connectivity index (χ1v) is 9.17. The molecule has 0 radical (unpaired) electrons. The van der Waals surface area contributed by atoms with E-state index >= 15 is 0 Å². The molecule has 1 aromatic rings. The molecule has 1 spiro atoms. The van der Waals surface area contributed by atoms with Gasteiger partial charge in [-0.3, -0.25) is 9.59 Å². The van der Waals surface area contributed by atoms with Crippen LogP contribution in [0.25, 0.3) is 0 Å². The Kier molecular flexibility index (Phi) is 3.29. The SMILES string of the molecule is O=C(NC1CC1)[C@@H]1[C@H]2C=C[C@]3(CN(CCc4ccccc4)C(=O)[C@@H]13)O2. The molecule has 2 saturated heterocycles. The molecule has 5 nitrogen and oxygen atoms in total. The number of carbonyl (C=O) groups is 2. The van der Waals surface area contributed by atoms with Crippen molar-refractivity contribution in [3.63, 3.8) is 0 Å². The predicted octanol–water partition coefficient (Wildman–Crippen LogP) is 1.29. The Morgan fingerprint density at radius 3 is 2.84 bits per heavy atom. The average molecular weight is 338 g/mol. The van der Waals surface area contributed by atoms with Crippen molar-refractivity contribution in [1.82, 2.24) is 10.2 Å². The lowest BCUT2D eigenvalue weighted by molar-refractivity contribution is -0.137. The molecule has 3 aliphatic heterocycles. The van der Waals surface area contributed by atoms with Gasteiger partial charge in [-0.15, -0.1) is 0 Å². The third-order valence-corrected chi connectivity index (χ3v) is 5.92. The molecule has 1 N–H and O–H groups in total. The van der Waals surface area contributed by atoms with Crippen LogP contribution in [-0.2, 0) is 20.7 Å². The van der Waals surface area contributed by atoms with Crippen molar-refractivity contribution in [2.45, 2.75) is 37.0 Å². The number of benzene rings is 1. The Bertz CT molecular complexity index is 743. The van der Waals surface area contributed by atoms with Gasteiger partial charge in [0.05, 0.1) is 24.5 Å². The summed E-state index contributed by atoms with van der Waals surface area (Å²) in [6.45, 7) is 1.23. The maximum absolute atomic E-state index is 13.0. The van der Waals surface area contributed by atoms with E-state index in [1.807, 2.05) is 35.3 Å². The molecule has 5 heteroatoms. The van der Waals surface area contributed by atoms with Crippen LogP contribution in [-0.4, -0.2) is 47.6 Å². The number of amides is 2. The third kappa shape index (κ3) is 2.41. The van der Waals surface area contributed by atoms with Crippen molar-refractivity contribution in [3.05, 3.63) is 48.0 Å². The number of hydrogen-bond donors (Lipinski definition) is 1. The molecule has 4 atom stereocenters. The minimum Gasteiger partial charge on any atom is -0.360 e. The highest BCUT2D eigenvalue weighted by Crippen LogP contribution is 2.52. The van der Waals surface area contributed by atoms with Gasteiger partial charge in [0.2, 0.25) is 11.8 Å². The first kappa shape index (κ1) is 15.1. The summed E-state index contributed by atoms with van der Waals surface area (Å²) in [5.74, 6) is -0.683. The number of likely N-dealkylation sites (tertiary alicyclic amines) is 1. The zero-order chi connectivity index (χ0) is 17.0. The molecule has 0 unspecified atom stereocenters. The molecule has 2 amide bonds. The zero-order valence-electron chi connectivity index (χ0n) is 14.1. The summed E-state index contributed by atoms with van der Waals surface area (Å²) in [6.07, 6.45) is 6.66. The number of nitrogens with one attached hydrogen (secondary N) is 1. The highest BCUT2D eigenvalue weighted by molar-refractivity contribution is 5.93. The Morgan fingerprint density at radius 1 is 1.28 bits per heavy atom. The standard InChI is InChI=1S/C20H22N2O3/c23-18(21-14-6-7-14)16-15-8-10-20(25-15)12-22(19(24)17(16)20)11-9-13-4-2-1-3-5-13/h1-5,8,10,14-17H,6-7,9,11-12H2,(H,21,23)/t15-,16-,17-,20-/m1/s1. The Balaban J connectivity index is 1.33. The van der Waals surface area contributed by atoms with Gasteiger partial charge in [-0.1, -0.05) is 42.5 Å². The van der Waals surface area contributed by atoms with E-state index < -0.39 is 5.60 Å². The summed E-state index contributed by atoms with van der Waals surface area (Å²) >= 11 is 0. The summed E-state index contributed by atoms with van der Waals surface area (Å²) in [4.78, 5) is 27.6. The van der Waals surface area contributed by atoms with Crippen molar-refractivity contribution in [1.29, 1.82) is 0 Å². The highest BCUT2D eigenvalue weighted by Gasteiger charge is 2.66. The second kappa shape index (κ2) is 5.43. The van der Waals surface area contributed by atoms with E-state index in [1.54, 1.807) is 0 Å². The van der Waals surface area contributed by atoms with E-state index in [1.165, 1.54) is 5.56 Å². The minimum atomic E-state index is -0.593. The van der Waals surface area contributed by atoms with Crippen molar-refractivity contribution < 1.29 is 14.3 Å². The van der Waals surface area contributed by atoms with Crippen LogP contribution in [0.1, 0.15) is 18.4 Å². The Labute approximate surface area is 147 Å². The van der Waals surface area contributed by atoms with Crippen LogP contribution in [0, 0.1) is 11.8 Å². The van der Waals surface area contributed by atoms with Crippen molar-refractivity contribution >= 4 is 11.8 Å². The first-order valence-electron chi connectivity index (χ1n) is 9.17. The lowest BCUT2D eigenvalue weighted by atomic mass is 9.77. The van der Waals surface area contributed by atoms with E-state index in [2.05, 4.69) is 17.4 Å². The molecule has 25 heavy (non-hydrogen) atoms. The van der Waals surface area contributed by atoms with Crippen molar-refractivity contribution in [2.24, 2.45) is 11.8 Å². The molecular formula is C20H22N2O3. The number of nitrogens with zero attached hydrogens (tertiary/aromatic N) is 1. The number of fused-ring (bicyclic) bond motifs is 1. The number of ether oxygens (including phenoxy) is 1. The smallest absolute Gasteiger partial charge is 0.230 e. The maximum atomic E-state index is 13.0. The van der Waals surface area contributed by atoms with Gasteiger partial charge in [0.15, 0.2) is 0 Å². The van der Waals surface area contributed by atoms with Gasteiger partial charge in [-0.25, -0.2) is 0 Å². The van der Waals surface area contributed by atoms with Crippen LogP contribution in [0.2, 0.25) is 0 Å². The van der Waals surface area contributed by atoms with Gasteiger partial charge in [0.1, 0.15) is 5.60 Å². The molecule has 4 aliphatic rings. The van der Waals surface area contributed by atoms with Gasteiger partial charge >= 0.3 is 0 Å². The fourth-order valence-electron chi connectivity index (χ4n) is 4.50. The molecule has 1 aliphatic carbocycles. The molecule has 130 valence electrons. The topological polar surface area (TPSA) is 58.6 Å². The van der Waals surface area contributed by atoms with Gasteiger partial charge in [0, 0.05) is 12.6 Å². The van der Waals surface area contributed by atoms with Crippen LogP contribution in [0.15, 0.2) is 42.5 Å². The van der Waals surface area contributed by atoms with Gasteiger partial charge < -0.3 is 15.0 Å². The van der Waals surface area contributed by atoms with E-state index in [4.69, 9.17) is 4.74 Å². The fraction of sp³-hybridized carbons (Fsp3) is 0.500. The third-order valence-electron chi connectivity index (χ3n) is 5.92.